The zero-order chi connectivity index (χ0) is 22.4. The van der Waals surface area contributed by atoms with Crippen molar-refractivity contribution in [2.45, 2.75) is 52.5 Å². The topological polar surface area (TPSA) is 136 Å². The third-order valence-corrected chi connectivity index (χ3v) is 4.53. The van der Waals surface area contributed by atoms with Gasteiger partial charge >= 0.3 is 0 Å². The second-order valence-electron chi connectivity index (χ2n) is 6.92. The van der Waals surface area contributed by atoms with Crippen LogP contribution in [0.15, 0.2) is 40.9 Å². The van der Waals surface area contributed by atoms with Gasteiger partial charge in [-0.15, -0.1) is 0 Å². The number of nitrogens with zero attached hydrogens (tertiary/aromatic N) is 1. The van der Waals surface area contributed by atoms with Crippen LogP contribution in [0.2, 0.25) is 0 Å². The van der Waals surface area contributed by atoms with Crippen LogP contribution in [0, 0.1) is 13.8 Å². The molecule has 5 N–H and O–H groups in total. The van der Waals surface area contributed by atoms with Crippen LogP contribution in [0.5, 0.6) is 0 Å². The van der Waals surface area contributed by atoms with E-state index in [1.807, 2.05) is 44.2 Å². The molecule has 3 atom stereocenters. The van der Waals surface area contributed by atoms with E-state index < -0.39 is 24.8 Å². The van der Waals surface area contributed by atoms with Crippen LogP contribution < -0.4 is 0 Å². The Morgan fingerprint density at radius 3 is 2.17 bits per heavy atom. The van der Waals surface area contributed by atoms with E-state index in [9.17, 15) is 20.4 Å². The number of aliphatic hydroxyl groups is 5. The van der Waals surface area contributed by atoms with Crippen LogP contribution in [0.3, 0.4) is 0 Å². The van der Waals surface area contributed by atoms with Gasteiger partial charge in [-0.3, -0.25) is 0 Å². The van der Waals surface area contributed by atoms with Gasteiger partial charge in [0.15, 0.2) is 18.2 Å². The first kappa shape index (κ1) is 23.9. The summed E-state index contributed by atoms with van der Waals surface area (Å²) in [6, 6.07) is 11.2. The normalized spacial score (nSPS) is 14.3. The van der Waals surface area contributed by atoms with Crippen LogP contribution in [-0.2, 0) is 4.74 Å². The number of benzene rings is 2. The van der Waals surface area contributed by atoms with Crippen LogP contribution in [0.1, 0.15) is 36.8 Å². The van der Waals surface area contributed by atoms with Gasteiger partial charge in [-0.25, -0.2) is 0 Å². The van der Waals surface area contributed by atoms with Crippen LogP contribution >= 0.6 is 0 Å². The Morgan fingerprint density at radius 1 is 1.00 bits per heavy atom. The number of aromatic nitrogens is 1. The molecule has 1 heterocycles. The lowest BCUT2D eigenvalue weighted by Crippen LogP contribution is -2.37. The maximum atomic E-state index is 10.5. The highest BCUT2D eigenvalue weighted by Crippen LogP contribution is 2.31. The number of ether oxygens (including phenoxy) is 1. The summed E-state index contributed by atoms with van der Waals surface area (Å²) >= 11 is 0. The Balaban J connectivity index is 0.00000101. The molecule has 0 radical (unpaired) electrons. The number of hydrogen-bond donors (Lipinski definition) is 5. The largest absolute Gasteiger partial charge is 0.397 e. The molecule has 0 spiro atoms. The molecule has 8 nitrogen and oxygen atoms in total. The predicted octanol–water partition coefficient (Wildman–Crippen LogP) is 2.18. The summed E-state index contributed by atoms with van der Waals surface area (Å²) < 4.78 is 10.3. The van der Waals surface area contributed by atoms with E-state index in [0.717, 1.165) is 33.4 Å². The summed E-state index contributed by atoms with van der Waals surface area (Å²) in [4.78, 5) is 0. The molecule has 30 heavy (non-hydrogen) atoms. The molecule has 0 aliphatic rings. The molecule has 0 aliphatic heterocycles. The molecular formula is C22H29NO7. The standard InChI is InChI=1S/C20H23NO6.C2H6O/c1-10-8-13(14-5-7-17-16(9-14)11(2)21-27-17)4-6-15(10)18(23)19(20(24)25)26-12(3)22;1-2-3/h4-9,12,18-20,22-25H,1-3H3;3H,2H2,1H3. The smallest absolute Gasteiger partial charge is 0.181 e. The monoisotopic (exact) mass is 419 g/mol. The van der Waals surface area contributed by atoms with Crippen molar-refractivity contribution in [2.75, 3.05) is 6.61 Å². The van der Waals surface area contributed by atoms with Gasteiger partial charge in [0.25, 0.3) is 0 Å². The minimum absolute atomic E-state index is 0.250. The van der Waals surface area contributed by atoms with Gasteiger partial charge in [-0.1, -0.05) is 29.4 Å². The van der Waals surface area contributed by atoms with E-state index in [1.165, 1.54) is 6.92 Å². The quantitative estimate of drug-likeness (QED) is 0.384. The van der Waals surface area contributed by atoms with Crippen molar-refractivity contribution < 1.29 is 34.8 Å². The van der Waals surface area contributed by atoms with Crippen LogP contribution in [0.4, 0.5) is 0 Å². The lowest BCUT2D eigenvalue weighted by Gasteiger charge is -2.27. The average molecular weight is 419 g/mol. The van der Waals surface area contributed by atoms with Gasteiger partial charge in [0.05, 0.1) is 5.69 Å². The summed E-state index contributed by atoms with van der Waals surface area (Å²) in [5.41, 5.74) is 4.67. The Morgan fingerprint density at radius 2 is 1.60 bits per heavy atom. The Labute approximate surface area is 175 Å². The Kier molecular flexibility index (Phi) is 8.48. The molecule has 1 aromatic heterocycles. The van der Waals surface area contributed by atoms with E-state index >= 15 is 0 Å². The second-order valence-corrected chi connectivity index (χ2v) is 6.92. The first-order chi connectivity index (χ1) is 14.2. The zero-order valence-electron chi connectivity index (χ0n) is 17.5. The van der Waals surface area contributed by atoms with Gasteiger partial charge in [-0.05, 0) is 62.1 Å². The first-order valence-corrected chi connectivity index (χ1v) is 9.65. The van der Waals surface area contributed by atoms with Crippen molar-refractivity contribution in [2.24, 2.45) is 0 Å². The number of fused-ring (bicyclic) bond motifs is 1. The highest BCUT2D eigenvalue weighted by atomic mass is 16.6. The average Bonchev–Trinajstić information content (AvgIpc) is 3.06. The third kappa shape index (κ3) is 5.63. The summed E-state index contributed by atoms with van der Waals surface area (Å²) in [6.07, 6.45) is -5.86. The summed E-state index contributed by atoms with van der Waals surface area (Å²) in [5.74, 6) is 0. The molecule has 0 amide bonds. The number of aryl methyl sites for hydroxylation is 2. The molecule has 0 fully saturated rings. The predicted molar refractivity (Wildman–Crippen MR) is 111 cm³/mol. The van der Waals surface area contributed by atoms with E-state index in [4.69, 9.17) is 14.4 Å². The first-order valence-electron chi connectivity index (χ1n) is 9.65. The van der Waals surface area contributed by atoms with Crippen molar-refractivity contribution in [1.29, 1.82) is 0 Å². The number of rotatable bonds is 6. The molecule has 0 saturated carbocycles. The summed E-state index contributed by atoms with van der Waals surface area (Å²) in [6.45, 7) is 6.96. The number of hydrogen-bond acceptors (Lipinski definition) is 8. The van der Waals surface area contributed by atoms with Gasteiger partial charge in [0.1, 0.15) is 12.2 Å². The third-order valence-electron chi connectivity index (χ3n) is 4.53. The van der Waals surface area contributed by atoms with Crippen molar-refractivity contribution in [3.05, 3.63) is 53.2 Å². The molecule has 3 aromatic rings. The molecule has 164 valence electrons. The maximum absolute atomic E-state index is 10.5. The molecule has 0 bridgehead atoms. The second kappa shape index (κ2) is 10.6. The minimum Gasteiger partial charge on any atom is -0.397 e. The Bertz CT molecular complexity index is 952. The zero-order valence-corrected chi connectivity index (χ0v) is 17.5. The van der Waals surface area contributed by atoms with Gasteiger partial charge in [-0.2, -0.15) is 0 Å². The van der Waals surface area contributed by atoms with E-state index in [-0.39, 0.29) is 6.61 Å². The SMILES string of the molecule is CCO.Cc1cc(-c2ccc3onc(C)c3c2)ccc1C(O)C(OC(C)O)C(O)O. The van der Waals surface area contributed by atoms with Crippen molar-refractivity contribution in [3.8, 4) is 11.1 Å². The molecule has 3 unspecified atom stereocenters. The number of aliphatic hydroxyl groups excluding tert-OH is 4. The maximum Gasteiger partial charge on any atom is 0.181 e. The molecule has 3 rings (SSSR count). The van der Waals surface area contributed by atoms with E-state index in [1.54, 1.807) is 13.0 Å². The summed E-state index contributed by atoms with van der Waals surface area (Å²) in [5, 5.41) is 51.3. The van der Waals surface area contributed by atoms with Gasteiger partial charge in [0.2, 0.25) is 0 Å². The fourth-order valence-electron chi connectivity index (χ4n) is 3.14. The van der Waals surface area contributed by atoms with Gasteiger partial charge < -0.3 is 34.8 Å². The van der Waals surface area contributed by atoms with Crippen molar-refractivity contribution >= 4 is 11.0 Å². The highest BCUT2D eigenvalue weighted by Gasteiger charge is 2.30. The molecule has 2 aromatic carbocycles. The fourth-order valence-corrected chi connectivity index (χ4v) is 3.14. The van der Waals surface area contributed by atoms with Crippen LogP contribution in [-0.4, -0.2) is 56.0 Å². The van der Waals surface area contributed by atoms with Crippen LogP contribution in [0.25, 0.3) is 22.1 Å². The van der Waals surface area contributed by atoms with E-state index in [0.29, 0.717) is 5.56 Å². The van der Waals surface area contributed by atoms with Gasteiger partial charge in [0, 0.05) is 12.0 Å². The molecule has 0 aliphatic carbocycles. The molecule has 8 heteroatoms. The van der Waals surface area contributed by atoms with Crippen molar-refractivity contribution in [3.63, 3.8) is 0 Å². The molecule has 0 saturated heterocycles. The summed E-state index contributed by atoms with van der Waals surface area (Å²) in [7, 11) is 0. The lowest BCUT2D eigenvalue weighted by molar-refractivity contribution is -0.233. The lowest BCUT2D eigenvalue weighted by atomic mass is 9.94. The van der Waals surface area contributed by atoms with E-state index in [2.05, 4.69) is 5.16 Å². The minimum atomic E-state index is -1.94. The highest BCUT2D eigenvalue weighted by molar-refractivity contribution is 5.85. The fraction of sp³-hybridized carbons (Fsp3) is 0.409. The molecular weight excluding hydrogens is 390 g/mol. The van der Waals surface area contributed by atoms with Crippen molar-refractivity contribution in [1.82, 2.24) is 5.16 Å². The Hall–Kier alpha value is -2.33.